The summed E-state index contributed by atoms with van der Waals surface area (Å²) in [6.45, 7) is 6.71. The Bertz CT molecular complexity index is 456. The van der Waals surface area contributed by atoms with Crippen molar-refractivity contribution in [2.45, 2.75) is 103 Å². The average molecular weight is 335 g/mol. The van der Waals surface area contributed by atoms with E-state index in [1.807, 2.05) is 6.92 Å². The number of aliphatic imine (C=N–C) groups is 1. The van der Waals surface area contributed by atoms with E-state index < -0.39 is 0 Å². The second kappa shape index (κ2) is 7.45. The van der Waals surface area contributed by atoms with Crippen LogP contribution in [0.3, 0.4) is 0 Å². The molecule has 0 saturated heterocycles. The minimum Gasteiger partial charge on any atom is -0.478 e. The van der Waals surface area contributed by atoms with Crippen LogP contribution in [-0.2, 0) is 9.53 Å². The molecule has 2 saturated carbocycles. The van der Waals surface area contributed by atoms with Gasteiger partial charge >= 0.3 is 0 Å². The van der Waals surface area contributed by atoms with Gasteiger partial charge in [0, 0.05) is 12.1 Å². The first-order valence-electron chi connectivity index (χ1n) is 10.0. The van der Waals surface area contributed by atoms with Gasteiger partial charge in [-0.15, -0.1) is 0 Å². The van der Waals surface area contributed by atoms with Gasteiger partial charge in [-0.25, -0.2) is 4.99 Å². The molecule has 4 nitrogen and oxygen atoms in total. The SMILES string of the molecule is CC(C(=O)N(C1CCCCC1)C1CCCCC1)C1=NC(C)(C)CO1. The van der Waals surface area contributed by atoms with Crippen LogP contribution in [0.5, 0.6) is 0 Å². The first-order valence-corrected chi connectivity index (χ1v) is 10.0. The summed E-state index contributed by atoms with van der Waals surface area (Å²) in [5.74, 6) is 0.669. The molecule has 1 heterocycles. The predicted octanol–water partition coefficient (Wildman–Crippen LogP) is 4.32. The van der Waals surface area contributed by atoms with E-state index >= 15 is 0 Å². The van der Waals surface area contributed by atoms with Crippen molar-refractivity contribution in [2.75, 3.05) is 6.61 Å². The highest BCUT2D eigenvalue weighted by Crippen LogP contribution is 2.32. The Kier molecular flexibility index (Phi) is 5.51. The van der Waals surface area contributed by atoms with Crippen LogP contribution in [0.25, 0.3) is 0 Å². The number of hydrogen-bond acceptors (Lipinski definition) is 3. The third-order valence-corrected chi connectivity index (χ3v) is 5.92. The van der Waals surface area contributed by atoms with Crippen LogP contribution < -0.4 is 0 Å². The van der Waals surface area contributed by atoms with Crippen LogP contribution in [0, 0.1) is 5.92 Å². The third-order valence-electron chi connectivity index (χ3n) is 5.92. The highest BCUT2D eigenvalue weighted by Gasteiger charge is 2.39. The largest absolute Gasteiger partial charge is 0.478 e. The molecule has 1 aliphatic heterocycles. The van der Waals surface area contributed by atoms with Gasteiger partial charge < -0.3 is 9.64 Å². The molecule has 0 N–H and O–H groups in total. The maximum atomic E-state index is 13.4. The standard InChI is InChI=1S/C20H34N2O2/c1-15(18-21-20(2,3)14-24-18)19(23)22(16-10-6-4-7-11-16)17-12-8-5-9-13-17/h15-17H,4-14H2,1-3H3. The number of carbonyl (C=O) groups is 1. The molecule has 3 rings (SSSR count). The minimum atomic E-state index is -0.240. The molecule has 2 aliphatic carbocycles. The van der Waals surface area contributed by atoms with Crippen molar-refractivity contribution in [3.63, 3.8) is 0 Å². The van der Waals surface area contributed by atoms with Gasteiger partial charge in [0.05, 0.1) is 5.54 Å². The van der Waals surface area contributed by atoms with E-state index in [0.717, 1.165) is 0 Å². The van der Waals surface area contributed by atoms with Crippen molar-refractivity contribution in [3.8, 4) is 0 Å². The van der Waals surface area contributed by atoms with Crippen molar-refractivity contribution in [1.82, 2.24) is 4.90 Å². The Morgan fingerprint density at radius 3 is 1.96 bits per heavy atom. The van der Waals surface area contributed by atoms with Crippen LogP contribution in [-0.4, -0.2) is 40.9 Å². The molecule has 24 heavy (non-hydrogen) atoms. The zero-order valence-corrected chi connectivity index (χ0v) is 15.7. The molecule has 1 unspecified atom stereocenters. The van der Waals surface area contributed by atoms with Crippen LogP contribution in [0.4, 0.5) is 0 Å². The molecule has 1 amide bonds. The van der Waals surface area contributed by atoms with Crippen LogP contribution >= 0.6 is 0 Å². The number of rotatable bonds is 4. The van der Waals surface area contributed by atoms with Gasteiger partial charge in [0.1, 0.15) is 12.5 Å². The van der Waals surface area contributed by atoms with Crippen molar-refractivity contribution in [3.05, 3.63) is 0 Å². The number of carbonyl (C=O) groups excluding carboxylic acids is 1. The highest BCUT2D eigenvalue weighted by atomic mass is 16.5. The normalized spacial score (nSPS) is 26.5. The lowest BCUT2D eigenvalue weighted by Gasteiger charge is -2.42. The topological polar surface area (TPSA) is 41.9 Å². The van der Waals surface area contributed by atoms with Gasteiger partial charge in [0.2, 0.25) is 5.91 Å². The zero-order chi connectivity index (χ0) is 17.2. The van der Waals surface area contributed by atoms with Gasteiger partial charge in [0.25, 0.3) is 0 Å². The average Bonchev–Trinajstić information content (AvgIpc) is 2.96. The first kappa shape index (κ1) is 17.8. The summed E-state index contributed by atoms with van der Waals surface area (Å²) in [4.78, 5) is 20.3. The monoisotopic (exact) mass is 334 g/mol. The number of amides is 1. The van der Waals surface area contributed by atoms with Crippen LogP contribution in [0.2, 0.25) is 0 Å². The number of hydrogen-bond donors (Lipinski definition) is 0. The van der Waals surface area contributed by atoms with Crippen molar-refractivity contribution < 1.29 is 9.53 Å². The lowest BCUT2D eigenvalue weighted by atomic mass is 9.87. The molecule has 0 aromatic rings. The minimum absolute atomic E-state index is 0.190. The molecule has 0 aromatic heterocycles. The van der Waals surface area contributed by atoms with Gasteiger partial charge in [0.15, 0.2) is 5.90 Å². The van der Waals surface area contributed by atoms with E-state index in [1.54, 1.807) is 0 Å². The summed E-state index contributed by atoms with van der Waals surface area (Å²) in [5.41, 5.74) is -0.190. The summed E-state index contributed by atoms with van der Waals surface area (Å²) < 4.78 is 5.78. The molecule has 0 radical (unpaired) electrons. The second-order valence-corrected chi connectivity index (χ2v) is 8.60. The molecule has 0 spiro atoms. The van der Waals surface area contributed by atoms with E-state index in [-0.39, 0.29) is 17.4 Å². The Morgan fingerprint density at radius 2 is 1.54 bits per heavy atom. The fraction of sp³-hybridized carbons (Fsp3) is 0.900. The summed E-state index contributed by atoms with van der Waals surface area (Å²) in [5, 5.41) is 0. The predicted molar refractivity (Wildman–Crippen MR) is 97.2 cm³/mol. The third kappa shape index (κ3) is 3.94. The van der Waals surface area contributed by atoms with Gasteiger partial charge in [-0.2, -0.15) is 0 Å². The summed E-state index contributed by atoms with van der Waals surface area (Å²) >= 11 is 0. The first-order chi connectivity index (χ1) is 11.5. The molecule has 136 valence electrons. The fourth-order valence-corrected chi connectivity index (χ4v) is 4.54. The lowest BCUT2D eigenvalue weighted by Crippen LogP contribution is -2.51. The van der Waals surface area contributed by atoms with E-state index in [2.05, 4.69) is 23.7 Å². The summed E-state index contributed by atoms with van der Waals surface area (Å²) in [7, 11) is 0. The second-order valence-electron chi connectivity index (χ2n) is 8.60. The Hall–Kier alpha value is -1.06. The van der Waals surface area contributed by atoms with Gasteiger partial charge in [-0.3, -0.25) is 4.79 Å². The number of ether oxygens (including phenoxy) is 1. The van der Waals surface area contributed by atoms with E-state index in [9.17, 15) is 4.79 Å². The van der Waals surface area contributed by atoms with Crippen molar-refractivity contribution >= 4 is 11.8 Å². The van der Waals surface area contributed by atoms with Gasteiger partial charge in [-0.1, -0.05) is 38.5 Å². The summed E-state index contributed by atoms with van der Waals surface area (Å²) in [6.07, 6.45) is 12.4. The fourth-order valence-electron chi connectivity index (χ4n) is 4.54. The van der Waals surface area contributed by atoms with Gasteiger partial charge in [-0.05, 0) is 46.5 Å². The molecule has 0 bridgehead atoms. The maximum absolute atomic E-state index is 13.4. The van der Waals surface area contributed by atoms with Crippen molar-refractivity contribution in [1.29, 1.82) is 0 Å². The lowest BCUT2D eigenvalue weighted by molar-refractivity contribution is -0.140. The Morgan fingerprint density at radius 1 is 1.04 bits per heavy atom. The van der Waals surface area contributed by atoms with E-state index in [1.165, 1.54) is 64.2 Å². The molecular weight excluding hydrogens is 300 g/mol. The zero-order valence-electron chi connectivity index (χ0n) is 15.7. The molecular formula is C20H34N2O2. The highest BCUT2D eigenvalue weighted by molar-refractivity contribution is 6.00. The molecule has 2 fully saturated rings. The smallest absolute Gasteiger partial charge is 0.235 e. The molecule has 0 aromatic carbocycles. The summed E-state index contributed by atoms with van der Waals surface area (Å²) in [6, 6.07) is 0.874. The van der Waals surface area contributed by atoms with E-state index in [4.69, 9.17) is 4.74 Å². The molecule has 3 aliphatic rings. The maximum Gasteiger partial charge on any atom is 0.235 e. The Balaban J connectivity index is 1.77. The molecule has 4 heteroatoms. The van der Waals surface area contributed by atoms with Crippen molar-refractivity contribution in [2.24, 2.45) is 10.9 Å². The number of nitrogens with zero attached hydrogens (tertiary/aromatic N) is 2. The Labute approximate surface area is 147 Å². The van der Waals surface area contributed by atoms with Crippen LogP contribution in [0.1, 0.15) is 85.0 Å². The van der Waals surface area contributed by atoms with E-state index in [0.29, 0.717) is 24.6 Å². The van der Waals surface area contributed by atoms with Crippen LogP contribution in [0.15, 0.2) is 4.99 Å². The quantitative estimate of drug-likeness (QED) is 0.768. The molecule has 1 atom stereocenters.